The minimum absolute atomic E-state index is 0.211. The van der Waals surface area contributed by atoms with Gasteiger partial charge in [0.1, 0.15) is 23.4 Å². The highest BCUT2D eigenvalue weighted by Gasteiger charge is 2.40. The normalized spacial score (nSPS) is 13.0. The number of fused-ring (bicyclic) bond motifs is 1. The molecule has 1 atom stereocenters. The van der Waals surface area contributed by atoms with Crippen molar-refractivity contribution in [2.45, 2.75) is 39.3 Å². The van der Waals surface area contributed by atoms with Gasteiger partial charge in [-0.3, -0.25) is 14.8 Å². The van der Waals surface area contributed by atoms with Crippen LogP contribution in [-0.4, -0.2) is 42.3 Å². The highest BCUT2D eigenvalue weighted by atomic mass is 32.1. The van der Waals surface area contributed by atoms with Crippen molar-refractivity contribution in [2.24, 2.45) is 0 Å². The predicted octanol–water partition coefficient (Wildman–Crippen LogP) is 4.42. The van der Waals surface area contributed by atoms with Gasteiger partial charge < -0.3 is 14.2 Å². The number of ether oxygens (including phenoxy) is 1. The summed E-state index contributed by atoms with van der Waals surface area (Å²) < 4.78 is 9.03. The Hall–Kier alpha value is -4.02. The molecule has 5 rings (SSSR count). The highest BCUT2D eigenvalue weighted by molar-refractivity contribution is 7.12. The summed E-state index contributed by atoms with van der Waals surface area (Å²) in [5.74, 6) is 0.161. The van der Waals surface area contributed by atoms with Crippen molar-refractivity contribution in [1.82, 2.24) is 24.1 Å². The number of imidazole rings is 1. The first kappa shape index (κ1) is 24.7. The molecule has 0 fully saturated rings. The highest BCUT2D eigenvalue weighted by Crippen LogP contribution is 2.41. The number of rotatable bonds is 8. The molecule has 0 spiro atoms. The Labute approximate surface area is 218 Å². The Balaban J connectivity index is 1.67. The van der Waals surface area contributed by atoms with Crippen LogP contribution in [-0.2, 0) is 18.6 Å². The van der Waals surface area contributed by atoms with E-state index in [-0.39, 0.29) is 5.95 Å². The molecule has 0 bridgehead atoms. The van der Waals surface area contributed by atoms with Crippen molar-refractivity contribution in [2.75, 3.05) is 12.4 Å². The summed E-state index contributed by atoms with van der Waals surface area (Å²) in [4.78, 5) is 24.1. The van der Waals surface area contributed by atoms with Gasteiger partial charge in [-0.1, -0.05) is 37.3 Å². The quantitative estimate of drug-likeness (QED) is 0.316. The second-order valence-corrected chi connectivity index (χ2v) is 9.90. The zero-order valence-electron chi connectivity index (χ0n) is 21.1. The van der Waals surface area contributed by atoms with E-state index in [2.05, 4.69) is 15.4 Å². The first-order valence-electron chi connectivity index (χ1n) is 12.0. The number of aryl methyl sites for hydroxylation is 3. The van der Waals surface area contributed by atoms with E-state index in [9.17, 15) is 9.90 Å². The van der Waals surface area contributed by atoms with Gasteiger partial charge in [-0.2, -0.15) is 0 Å². The number of benzene rings is 1. The summed E-state index contributed by atoms with van der Waals surface area (Å²) in [5, 5.41) is 19.4. The maximum absolute atomic E-state index is 13.2. The number of thiophene rings is 1. The number of nitrogens with zero attached hydrogens (tertiary/aromatic N) is 5. The van der Waals surface area contributed by atoms with Crippen molar-refractivity contribution in [3.8, 4) is 5.75 Å². The van der Waals surface area contributed by atoms with E-state index in [0.29, 0.717) is 35.6 Å². The van der Waals surface area contributed by atoms with E-state index in [1.54, 1.807) is 23.3 Å². The summed E-state index contributed by atoms with van der Waals surface area (Å²) in [7, 11) is 1.51. The fraction of sp³-hybridized carbons (Fsp3) is 0.259. The van der Waals surface area contributed by atoms with Crippen LogP contribution in [0.15, 0.2) is 61.1 Å². The predicted molar refractivity (Wildman–Crippen MR) is 142 cm³/mol. The van der Waals surface area contributed by atoms with Gasteiger partial charge in [-0.15, -0.1) is 16.4 Å². The van der Waals surface area contributed by atoms with Crippen LogP contribution in [0.2, 0.25) is 0 Å². The van der Waals surface area contributed by atoms with E-state index >= 15 is 0 Å². The lowest BCUT2D eigenvalue weighted by atomic mass is 9.87. The molecule has 1 aromatic carbocycles. The second-order valence-electron chi connectivity index (χ2n) is 8.61. The molecule has 0 aliphatic heterocycles. The molecule has 4 heterocycles. The molecule has 4 aromatic heterocycles. The summed E-state index contributed by atoms with van der Waals surface area (Å²) in [5.41, 5.74) is 1.43. The number of aliphatic hydroxyl groups is 1. The topological polar surface area (TPSA) is 107 Å². The maximum Gasteiger partial charge on any atom is 0.263 e. The van der Waals surface area contributed by atoms with E-state index in [1.807, 2.05) is 67.6 Å². The molecule has 5 aromatic rings. The van der Waals surface area contributed by atoms with Crippen LogP contribution >= 0.6 is 11.3 Å². The third-order valence-electron chi connectivity index (χ3n) is 6.34. The number of hydrogen-bond donors (Lipinski definition) is 2. The average molecular weight is 517 g/mol. The summed E-state index contributed by atoms with van der Waals surface area (Å²) in [6.07, 6.45) is 3.83. The van der Waals surface area contributed by atoms with Gasteiger partial charge in [-0.05, 0) is 38.0 Å². The van der Waals surface area contributed by atoms with Crippen molar-refractivity contribution < 1.29 is 14.6 Å². The third kappa shape index (κ3) is 4.28. The minimum Gasteiger partial charge on any atom is -0.496 e. The number of carbonyl (C=O) groups excluding carboxylic acids is 1. The lowest BCUT2D eigenvalue weighted by Gasteiger charge is -2.27. The van der Waals surface area contributed by atoms with Crippen molar-refractivity contribution in [3.05, 3.63) is 93.3 Å². The Morgan fingerprint density at radius 1 is 1.19 bits per heavy atom. The summed E-state index contributed by atoms with van der Waals surface area (Å²) in [6, 6.07) is 15.2. The maximum atomic E-state index is 13.2. The molecule has 0 saturated heterocycles. The number of anilines is 1. The van der Waals surface area contributed by atoms with Crippen molar-refractivity contribution in [3.63, 3.8) is 0 Å². The molecule has 1 unspecified atom stereocenters. The van der Waals surface area contributed by atoms with E-state index < -0.39 is 11.5 Å². The van der Waals surface area contributed by atoms with E-state index in [0.717, 1.165) is 21.0 Å². The first-order valence-corrected chi connectivity index (χ1v) is 12.9. The third-order valence-corrected chi connectivity index (χ3v) is 7.45. The molecule has 190 valence electrons. The second kappa shape index (κ2) is 9.79. The Morgan fingerprint density at radius 3 is 2.59 bits per heavy atom. The van der Waals surface area contributed by atoms with Crippen LogP contribution in [0.5, 0.6) is 5.75 Å². The van der Waals surface area contributed by atoms with Crippen LogP contribution in [0, 0.1) is 6.92 Å². The number of pyridine rings is 1. The lowest BCUT2D eigenvalue weighted by molar-refractivity contribution is 0.102. The molecule has 0 radical (unpaired) electrons. The van der Waals surface area contributed by atoms with Crippen LogP contribution in [0.1, 0.15) is 50.9 Å². The number of amides is 1. The van der Waals surface area contributed by atoms with E-state index in [1.165, 1.54) is 18.4 Å². The first-order chi connectivity index (χ1) is 17.9. The molecule has 0 saturated carbocycles. The Bertz CT molecular complexity index is 1570. The van der Waals surface area contributed by atoms with Gasteiger partial charge >= 0.3 is 0 Å². The van der Waals surface area contributed by atoms with Gasteiger partial charge in [0, 0.05) is 34.3 Å². The minimum atomic E-state index is -1.47. The molecule has 2 N–H and O–H groups in total. The zero-order chi connectivity index (χ0) is 26.2. The monoisotopic (exact) mass is 516 g/mol. The number of aromatic nitrogens is 5. The number of carbonyl (C=O) groups is 1. The molecule has 9 nitrogen and oxygen atoms in total. The van der Waals surface area contributed by atoms with Crippen LogP contribution in [0.3, 0.4) is 0 Å². The standard InChI is InChI=1S/C27H28N6O3S/c1-5-20-24(27(35,18-10-8-7-9-11-18)22-13-12-17(3)37-22)29-23-14-21(36-4)19(15-33(20)23)25(34)30-26-28-16-32(6-2)31-26/h7-16,35H,5-6H2,1-4H3,(H,30,31,34). The zero-order valence-corrected chi connectivity index (χ0v) is 21.9. The largest absolute Gasteiger partial charge is 0.496 e. The molecule has 10 heteroatoms. The van der Waals surface area contributed by atoms with Gasteiger partial charge in [0.25, 0.3) is 5.91 Å². The average Bonchev–Trinajstić information content (AvgIpc) is 3.66. The summed E-state index contributed by atoms with van der Waals surface area (Å²) >= 11 is 1.53. The molecule has 1 amide bonds. The van der Waals surface area contributed by atoms with Crippen molar-refractivity contribution in [1.29, 1.82) is 0 Å². The fourth-order valence-electron chi connectivity index (χ4n) is 4.46. The lowest BCUT2D eigenvalue weighted by Crippen LogP contribution is -2.29. The van der Waals surface area contributed by atoms with Crippen LogP contribution < -0.4 is 10.1 Å². The number of nitrogens with one attached hydrogen (secondary N) is 1. The SMILES string of the molecule is CCc1c(C(O)(c2ccccc2)c2ccc(C)s2)nc2cc(OC)c(C(=O)Nc3ncn(CC)n3)cn12. The number of hydrogen-bond acceptors (Lipinski definition) is 7. The Kier molecular flexibility index (Phi) is 6.53. The van der Waals surface area contributed by atoms with E-state index in [4.69, 9.17) is 9.72 Å². The van der Waals surface area contributed by atoms with Gasteiger partial charge in [0.15, 0.2) is 5.60 Å². The van der Waals surface area contributed by atoms with Crippen LogP contribution in [0.25, 0.3) is 5.65 Å². The van der Waals surface area contributed by atoms with Crippen LogP contribution in [0.4, 0.5) is 5.95 Å². The van der Waals surface area contributed by atoms with Gasteiger partial charge in [0.2, 0.25) is 5.95 Å². The molecule has 37 heavy (non-hydrogen) atoms. The van der Waals surface area contributed by atoms with Crippen molar-refractivity contribution >= 4 is 28.8 Å². The van der Waals surface area contributed by atoms with Gasteiger partial charge in [-0.25, -0.2) is 9.97 Å². The molecular weight excluding hydrogens is 488 g/mol. The smallest absolute Gasteiger partial charge is 0.263 e. The fourth-order valence-corrected chi connectivity index (χ4v) is 5.44. The van der Waals surface area contributed by atoms with Gasteiger partial charge in [0.05, 0.1) is 12.7 Å². The number of methoxy groups -OCH3 is 1. The molecule has 0 aliphatic carbocycles. The Morgan fingerprint density at radius 2 is 1.97 bits per heavy atom. The summed E-state index contributed by atoms with van der Waals surface area (Å²) in [6.45, 7) is 6.60. The molecular formula is C27H28N6O3S. The molecule has 0 aliphatic rings.